The van der Waals surface area contributed by atoms with Crippen LogP contribution in [0.1, 0.15) is 57.3 Å². The molecule has 45 heavy (non-hydrogen) atoms. The van der Waals surface area contributed by atoms with Crippen LogP contribution in [-0.2, 0) is 6.54 Å². The van der Waals surface area contributed by atoms with Crippen molar-refractivity contribution in [3.8, 4) is 0 Å². The second-order valence-electron chi connectivity index (χ2n) is 11.8. The number of hydrogen-bond acceptors (Lipinski definition) is 5. The van der Waals surface area contributed by atoms with Crippen LogP contribution in [0, 0.1) is 5.92 Å². The van der Waals surface area contributed by atoms with Crippen LogP contribution in [0.4, 0.5) is 0 Å². The van der Waals surface area contributed by atoms with Gasteiger partial charge in [0.05, 0.1) is 40.1 Å². The molecule has 1 fully saturated rings. The van der Waals surface area contributed by atoms with Crippen LogP contribution in [0.2, 0.25) is 10.0 Å². The summed E-state index contributed by atoms with van der Waals surface area (Å²) in [4.78, 5) is 36.0. The first-order valence-corrected chi connectivity index (χ1v) is 16.1. The van der Waals surface area contributed by atoms with E-state index in [0.717, 1.165) is 61.1 Å². The number of likely N-dealkylation sites (tertiary alicyclic amines) is 1. The van der Waals surface area contributed by atoms with E-state index in [1.807, 2.05) is 90.5 Å². The van der Waals surface area contributed by atoms with Crippen LogP contribution < -0.4 is 0 Å². The van der Waals surface area contributed by atoms with Gasteiger partial charge in [0, 0.05) is 36.6 Å². The number of amides is 1. The maximum atomic E-state index is 13.9. The van der Waals surface area contributed by atoms with Crippen LogP contribution >= 0.6 is 23.2 Å². The van der Waals surface area contributed by atoms with Gasteiger partial charge in [-0.05, 0) is 86.9 Å². The van der Waals surface area contributed by atoms with Crippen LogP contribution in [0.5, 0.6) is 0 Å². The number of rotatable bonds is 11. The smallest absolute Gasteiger partial charge is 0.253 e. The van der Waals surface area contributed by atoms with Gasteiger partial charge in [-0.25, -0.2) is 4.98 Å². The predicted molar refractivity (Wildman–Crippen MR) is 178 cm³/mol. The summed E-state index contributed by atoms with van der Waals surface area (Å²) in [7, 11) is 1.84. The number of carbonyl (C=O) groups is 2. The lowest BCUT2D eigenvalue weighted by atomic mass is 9.90. The van der Waals surface area contributed by atoms with E-state index in [1.54, 1.807) is 17.4 Å². The Morgan fingerprint density at radius 3 is 2.47 bits per heavy atom. The predicted octanol–water partition coefficient (Wildman–Crippen LogP) is 7.83. The minimum atomic E-state index is -0.0818. The fraction of sp³-hybridized carbons (Fsp3) is 0.306. The number of halogens is 2. The molecule has 9 heteroatoms. The highest BCUT2D eigenvalue weighted by Crippen LogP contribution is 2.31. The first kappa shape index (κ1) is 31.1. The molecule has 1 aliphatic rings. The van der Waals surface area contributed by atoms with E-state index in [4.69, 9.17) is 32.6 Å². The van der Waals surface area contributed by atoms with E-state index >= 15 is 0 Å². The fourth-order valence-electron chi connectivity index (χ4n) is 6.27. The van der Waals surface area contributed by atoms with E-state index in [1.165, 1.54) is 0 Å². The van der Waals surface area contributed by atoms with Crippen LogP contribution in [0.3, 0.4) is 0 Å². The molecule has 5 aromatic rings. The van der Waals surface area contributed by atoms with Gasteiger partial charge in [-0.2, -0.15) is 0 Å². The van der Waals surface area contributed by atoms with Crippen LogP contribution in [0.15, 0.2) is 95.8 Å². The fourth-order valence-corrected chi connectivity index (χ4v) is 6.58. The monoisotopic (exact) mass is 642 g/mol. The SMILES string of the molecule is CN(CC(CCN1CCC(C(=O)c2nc3ccccc3n2Cc2ccoc2)CC1)c1ccc(Cl)c(Cl)c1)C(=O)c1ccccc1. The number of furan rings is 1. The molecule has 1 atom stereocenters. The Bertz CT molecular complexity index is 1760. The van der Waals surface area contributed by atoms with Gasteiger partial charge in [0.25, 0.3) is 5.91 Å². The third-order valence-corrected chi connectivity index (χ3v) is 9.56. The Morgan fingerprint density at radius 2 is 1.73 bits per heavy atom. The Hall–Kier alpha value is -3.91. The van der Waals surface area contributed by atoms with E-state index in [9.17, 15) is 9.59 Å². The van der Waals surface area contributed by atoms with Crippen molar-refractivity contribution in [1.29, 1.82) is 0 Å². The van der Waals surface area contributed by atoms with Crippen molar-refractivity contribution in [1.82, 2.24) is 19.4 Å². The van der Waals surface area contributed by atoms with Gasteiger partial charge in [-0.1, -0.05) is 59.6 Å². The Balaban J connectivity index is 1.11. The van der Waals surface area contributed by atoms with Crippen molar-refractivity contribution in [2.24, 2.45) is 5.92 Å². The first-order valence-electron chi connectivity index (χ1n) is 15.4. The number of para-hydroxylation sites is 2. The molecule has 2 aromatic heterocycles. The number of likely N-dealkylation sites (N-methyl/N-ethyl adjacent to an activating group) is 1. The zero-order valence-corrected chi connectivity index (χ0v) is 26.8. The molecule has 3 aromatic carbocycles. The number of ketones is 1. The molecule has 1 amide bonds. The number of piperidine rings is 1. The lowest BCUT2D eigenvalue weighted by Crippen LogP contribution is -2.38. The normalized spacial score (nSPS) is 14.9. The number of fused-ring (bicyclic) bond motifs is 1. The molecule has 232 valence electrons. The topological polar surface area (TPSA) is 71.6 Å². The molecule has 7 nitrogen and oxygen atoms in total. The summed E-state index contributed by atoms with van der Waals surface area (Å²) in [6, 6.07) is 24.9. The molecule has 1 saturated heterocycles. The lowest BCUT2D eigenvalue weighted by Gasteiger charge is -2.33. The van der Waals surface area contributed by atoms with Gasteiger partial charge in [0.1, 0.15) is 0 Å². The molecule has 0 N–H and O–H groups in total. The summed E-state index contributed by atoms with van der Waals surface area (Å²) in [5.41, 5.74) is 4.49. The highest BCUT2D eigenvalue weighted by atomic mass is 35.5. The summed E-state index contributed by atoms with van der Waals surface area (Å²) >= 11 is 12.6. The van der Waals surface area contributed by atoms with Crippen molar-refractivity contribution in [2.75, 3.05) is 33.2 Å². The highest BCUT2D eigenvalue weighted by Gasteiger charge is 2.30. The largest absolute Gasteiger partial charge is 0.472 e. The Kier molecular flexibility index (Phi) is 9.69. The van der Waals surface area contributed by atoms with E-state index in [2.05, 4.69) is 4.90 Å². The van der Waals surface area contributed by atoms with Crippen molar-refractivity contribution in [3.63, 3.8) is 0 Å². The van der Waals surface area contributed by atoms with E-state index in [-0.39, 0.29) is 23.5 Å². The van der Waals surface area contributed by atoms with Crippen molar-refractivity contribution in [3.05, 3.63) is 124 Å². The number of nitrogens with zero attached hydrogens (tertiary/aromatic N) is 4. The van der Waals surface area contributed by atoms with E-state index in [0.29, 0.717) is 34.5 Å². The van der Waals surface area contributed by atoms with Crippen molar-refractivity contribution >= 4 is 45.9 Å². The number of benzene rings is 3. The van der Waals surface area contributed by atoms with Crippen LogP contribution in [-0.4, -0.2) is 64.3 Å². The third kappa shape index (κ3) is 7.17. The minimum absolute atomic E-state index is 0.0150. The van der Waals surface area contributed by atoms with Gasteiger partial charge >= 0.3 is 0 Å². The van der Waals surface area contributed by atoms with Crippen LogP contribution in [0.25, 0.3) is 11.0 Å². The molecule has 1 aliphatic heterocycles. The number of Topliss-reactive ketones (excluding diaryl/α,β-unsaturated/α-hetero) is 1. The summed E-state index contributed by atoms with van der Waals surface area (Å²) < 4.78 is 7.30. The average molecular weight is 644 g/mol. The molecule has 1 unspecified atom stereocenters. The zero-order chi connectivity index (χ0) is 31.3. The number of hydrogen-bond donors (Lipinski definition) is 0. The molecule has 0 aliphatic carbocycles. The van der Waals surface area contributed by atoms with E-state index < -0.39 is 0 Å². The molecule has 0 radical (unpaired) electrons. The minimum Gasteiger partial charge on any atom is -0.472 e. The van der Waals surface area contributed by atoms with Crippen molar-refractivity contribution in [2.45, 2.75) is 31.7 Å². The highest BCUT2D eigenvalue weighted by molar-refractivity contribution is 6.42. The summed E-state index contributed by atoms with van der Waals surface area (Å²) in [5, 5.41) is 1.02. The molecule has 0 bridgehead atoms. The number of carbonyl (C=O) groups excluding carboxylic acids is 2. The van der Waals surface area contributed by atoms with Gasteiger partial charge in [-0.3, -0.25) is 9.59 Å². The Morgan fingerprint density at radius 1 is 0.978 bits per heavy atom. The lowest BCUT2D eigenvalue weighted by molar-refractivity contribution is 0.0779. The molecule has 0 saturated carbocycles. The van der Waals surface area contributed by atoms with Gasteiger partial charge in [0.2, 0.25) is 5.78 Å². The summed E-state index contributed by atoms with van der Waals surface area (Å²) in [6.07, 6.45) is 5.75. The second-order valence-corrected chi connectivity index (χ2v) is 12.6. The average Bonchev–Trinajstić information content (AvgIpc) is 3.72. The Labute approximate surface area is 273 Å². The number of imidazole rings is 1. The molecule has 6 rings (SSSR count). The van der Waals surface area contributed by atoms with Crippen molar-refractivity contribution < 1.29 is 14.0 Å². The van der Waals surface area contributed by atoms with Gasteiger partial charge in [0.15, 0.2) is 5.82 Å². The molecular formula is C36H36Cl2N4O3. The summed E-state index contributed by atoms with van der Waals surface area (Å²) in [5.74, 6) is 0.589. The quantitative estimate of drug-likeness (QED) is 0.137. The first-order chi connectivity index (χ1) is 21.9. The van der Waals surface area contributed by atoms with Gasteiger partial charge < -0.3 is 18.8 Å². The zero-order valence-electron chi connectivity index (χ0n) is 25.2. The molecule has 0 spiro atoms. The summed E-state index contributed by atoms with van der Waals surface area (Å²) in [6.45, 7) is 3.58. The number of aromatic nitrogens is 2. The standard InChI is InChI=1S/C36H36Cl2N4O3/c1-40(36(44)27-7-3-2-4-8-27)23-29(28-11-12-30(37)31(38)21-28)15-19-41-17-13-26(14-18-41)34(43)35-39-32-9-5-6-10-33(32)42(35)22-25-16-20-45-24-25/h2-12,16,20-21,24,26,29H,13-15,17-19,22-23H2,1H3. The second kappa shape index (κ2) is 14.0. The maximum absolute atomic E-state index is 13.9. The maximum Gasteiger partial charge on any atom is 0.253 e. The third-order valence-electron chi connectivity index (χ3n) is 8.82. The van der Waals surface area contributed by atoms with Gasteiger partial charge in [-0.15, -0.1) is 0 Å². The molecule has 3 heterocycles. The molecular weight excluding hydrogens is 607 g/mol.